The van der Waals surface area contributed by atoms with Gasteiger partial charge in [0.25, 0.3) is 10.0 Å². The van der Waals surface area contributed by atoms with Crippen LogP contribution in [0.4, 0.5) is 5.69 Å². The lowest BCUT2D eigenvalue weighted by Crippen LogP contribution is -2.12. The molecule has 0 bridgehead atoms. The molecule has 31 heavy (non-hydrogen) atoms. The van der Waals surface area contributed by atoms with Gasteiger partial charge < -0.3 is 5.73 Å². The van der Waals surface area contributed by atoms with Gasteiger partial charge in [-0.05, 0) is 93.0 Å². The van der Waals surface area contributed by atoms with E-state index in [0.29, 0.717) is 11.3 Å². The standard InChI is InChI=1S/C25H18N2O3S/c26-25(28)18-7-6-16-10-20-11-17-8-9-23(15-22(17)14-21(20)13-19(16)12-18)27-31(29,30)24-4-2-1-3-5-24/h1-15,27H,(H2,26,28). The number of carbonyl (C=O) groups is 1. The average molecular weight is 426 g/mol. The first-order valence-electron chi connectivity index (χ1n) is 9.68. The van der Waals surface area contributed by atoms with Crippen LogP contribution in [0.15, 0.2) is 95.9 Å². The molecule has 1 amide bonds. The van der Waals surface area contributed by atoms with Crippen molar-refractivity contribution in [1.82, 2.24) is 0 Å². The van der Waals surface area contributed by atoms with Gasteiger partial charge in [-0.25, -0.2) is 8.42 Å². The van der Waals surface area contributed by atoms with Gasteiger partial charge in [0.2, 0.25) is 5.91 Å². The topological polar surface area (TPSA) is 89.3 Å². The van der Waals surface area contributed by atoms with Crippen LogP contribution in [0, 0.1) is 0 Å². The normalized spacial score (nSPS) is 11.7. The van der Waals surface area contributed by atoms with Gasteiger partial charge in [0.05, 0.1) is 4.90 Å². The van der Waals surface area contributed by atoms with Crippen LogP contribution >= 0.6 is 0 Å². The maximum atomic E-state index is 12.6. The van der Waals surface area contributed by atoms with Crippen molar-refractivity contribution in [3.8, 4) is 0 Å². The Bertz CT molecular complexity index is 1590. The molecule has 0 saturated heterocycles. The SMILES string of the molecule is NC(=O)c1ccc2cc3cc4ccc(NS(=O)(=O)c5ccccc5)cc4cc3cc2c1. The summed E-state index contributed by atoms with van der Waals surface area (Å²) in [6, 6.07) is 27.3. The average Bonchev–Trinajstić information content (AvgIpc) is 2.76. The first-order chi connectivity index (χ1) is 14.9. The quantitative estimate of drug-likeness (QED) is 0.394. The Morgan fingerprint density at radius 1 is 0.645 bits per heavy atom. The molecule has 0 heterocycles. The number of carbonyl (C=O) groups excluding carboxylic acids is 1. The van der Waals surface area contributed by atoms with Gasteiger partial charge in [-0.1, -0.05) is 30.3 Å². The molecule has 0 radical (unpaired) electrons. The zero-order chi connectivity index (χ0) is 21.6. The van der Waals surface area contributed by atoms with Crippen molar-refractivity contribution in [2.24, 2.45) is 5.73 Å². The van der Waals surface area contributed by atoms with Crippen molar-refractivity contribution < 1.29 is 13.2 Å². The lowest BCUT2D eigenvalue weighted by atomic mass is 9.98. The van der Waals surface area contributed by atoms with Crippen molar-refractivity contribution in [2.75, 3.05) is 4.72 Å². The molecule has 0 unspecified atom stereocenters. The molecule has 6 heteroatoms. The molecule has 0 spiro atoms. The molecule has 0 fully saturated rings. The Hall–Kier alpha value is -3.90. The Morgan fingerprint density at radius 3 is 1.84 bits per heavy atom. The summed E-state index contributed by atoms with van der Waals surface area (Å²) in [5.74, 6) is -0.462. The van der Waals surface area contributed by atoms with Crippen molar-refractivity contribution in [3.63, 3.8) is 0 Å². The highest BCUT2D eigenvalue weighted by molar-refractivity contribution is 7.92. The third-order valence-corrected chi connectivity index (χ3v) is 6.74. The minimum atomic E-state index is -3.66. The van der Waals surface area contributed by atoms with Crippen LogP contribution in [0.1, 0.15) is 10.4 Å². The van der Waals surface area contributed by atoms with Crippen molar-refractivity contribution >= 4 is 53.9 Å². The van der Waals surface area contributed by atoms with E-state index in [2.05, 4.69) is 16.9 Å². The molecule has 0 saturated carbocycles. The molecule has 0 aromatic heterocycles. The molecular weight excluding hydrogens is 408 g/mol. The Labute approximate surface area is 179 Å². The molecule has 0 aliphatic carbocycles. The van der Waals surface area contributed by atoms with Crippen LogP contribution in [-0.2, 0) is 10.0 Å². The number of hydrogen-bond donors (Lipinski definition) is 2. The molecule has 0 aliphatic heterocycles. The number of benzene rings is 5. The maximum Gasteiger partial charge on any atom is 0.261 e. The van der Waals surface area contributed by atoms with Crippen LogP contribution in [0.2, 0.25) is 0 Å². The first kappa shape index (κ1) is 19.1. The van der Waals surface area contributed by atoms with Crippen LogP contribution in [0.25, 0.3) is 32.3 Å². The van der Waals surface area contributed by atoms with Gasteiger partial charge in [-0.3, -0.25) is 9.52 Å². The lowest BCUT2D eigenvalue weighted by molar-refractivity contribution is 0.100. The summed E-state index contributed by atoms with van der Waals surface area (Å²) < 4.78 is 27.9. The number of primary amides is 1. The summed E-state index contributed by atoms with van der Waals surface area (Å²) in [6.07, 6.45) is 0. The summed E-state index contributed by atoms with van der Waals surface area (Å²) in [6.45, 7) is 0. The zero-order valence-corrected chi connectivity index (χ0v) is 17.2. The summed E-state index contributed by atoms with van der Waals surface area (Å²) in [7, 11) is -3.66. The summed E-state index contributed by atoms with van der Waals surface area (Å²) in [5.41, 5.74) is 6.36. The number of anilines is 1. The number of nitrogens with two attached hydrogens (primary N) is 1. The van der Waals surface area contributed by atoms with Crippen LogP contribution in [0.5, 0.6) is 0 Å². The summed E-state index contributed by atoms with van der Waals surface area (Å²) in [4.78, 5) is 11.7. The fraction of sp³-hybridized carbons (Fsp3) is 0. The number of amides is 1. The molecule has 0 aliphatic rings. The first-order valence-corrected chi connectivity index (χ1v) is 11.2. The van der Waals surface area contributed by atoms with Crippen LogP contribution in [-0.4, -0.2) is 14.3 Å². The number of hydrogen-bond acceptors (Lipinski definition) is 3. The van der Waals surface area contributed by atoms with Gasteiger partial charge >= 0.3 is 0 Å². The van der Waals surface area contributed by atoms with Crippen molar-refractivity contribution in [2.45, 2.75) is 4.90 Å². The van der Waals surface area contributed by atoms with E-state index < -0.39 is 15.9 Å². The van der Waals surface area contributed by atoms with Gasteiger partial charge in [0, 0.05) is 11.3 Å². The number of fused-ring (bicyclic) bond motifs is 3. The fourth-order valence-electron chi connectivity index (χ4n) is 3.78. The number of sulfonamides is 1. The summed E-state index contributed by atoms with van der Waals surface area (Å²) in [5, 5.41) is 5.90. The second kappa shape index (κ2) is 7.11. The van der Waals surface area contributed by atoms with E-state index >= 15 is 0 Å². The maximum absolute atomic E-state index is 12.6. The molecule has 3 N–H and O–H groups in total. The fourth-order valence-corrected chi connectivity index (χ4v) is 4.85. The van der Waals surface area contributed by atoms with Gasteiger partial charge in [-0.2, -0.15) is 0 Å². The minimum absolute atomic E-state index is 0.213. The molecule has 5 aromatic carbocycles. The molecular formula is C25H18N2O3S. The Kier molecular flexibility index (Phi) is 4.38. The van der Waals surface area contributed by atoms with E-state index in [1.165, 1.54) is 0 Å². The van der Waals surface area contributed by atoms with E-state index in [1.807, 2.05) is 30.3 Å². The highest BCUT2D eigenvalue weighted by Crippen LogP contribution is 2.30. The van der Waals surface area contributed by atoms with E-state index in [9.17, 15) is 13.2 Å². The van der Waals surface area contributed by atoms with Gasteiger partial charge in [-0.15, -0.1) is 0 Å². The third-order valence-electron chi connectivity index (χ3n) is 5.34. The van der Waals surface area contributed by atoms with Crippen LogP contribution < -0.4 is 10.5 Å². The predicted molar refractivity (Wildman–Crippen MR) is 125 cm³/mol. The monoisotopic (exact) mass is 426 g/mol. The Morgan fingerprint density at radius 2 is 1.19 bits per heavy atom. The Balaban J connectivity index is 1.59. The van der Waals surface area contributed by atoms with E-state index in [4.69, 9.17) is 5.73 Å². The number of rotatable bonds is 4. The molecule has 5 rings (SSSR count). The minimum Gasteiger partial charge on any atom is -0.366 e. The zero-order valence-electron chi connectivity index (χ0n) is 16.4. The highest BCUT2D eigenvalue weighted by Gasteiger charge is 2.13. The van der Waals surface area contributed by atoms with Gasteiger partial charge in [0.1, 0.15) is 0 Å². The van der Waals surface area contributed by atoms with E-state index in [-0.39, 0.29) is 4.90 Å². The molecule has 5 nitrogen and oxygen atoms in total. The predicted octanol–water partition coefficient (Wildman–Crippen LogP) is 5.05. The van der Waals surface area contributed by atoms with E-state index in [0.717, 1.165) is 32.3 Å². The van der Waals surface area contributed by atoms with Crippen molar-refractivity contribution in [1.29, 1.82) is 0 Å². The van der Waals surface area contributed by atoms with Gasteiger partial charge in [0.15, 0.2) is 0 Å². The van der Waals surface area contributed by atoms with Crippen molar-refractivity contribution in [3.05, 3.63) is 96.6 Å². The highest BCUT2D eigenvalue weighted by atomic mass is 32.2. The second-order valence-corrected chi connectivity index (χ2v) is 9.14. The second-order valence-electron chi connectivity index (χ2n) is 7.46. The lowest BCUT2D eigenvalue weighted by Gasteiger charge is -2.10. The third kappa shape index (κ3) is 3.58. The largest absolute Gasteiger partial charge is 0.366 e. The van der Waals surface area contributed by atoms with Crippen LogP contribution in [0.3, 0.4) is 0 Å². The molecule has 0 atom stereocenters. The smallest absolute Gasteiger partial charge is 0.261 e. The molecule has 5 aromatic rings. The summed E-state index contributed by atoms with van der Waals surface area (Å²) >= 11 is 0. The van der Waals surface area contributed by atoms with E-state index in [1.54, 1.807) is 48.5 Å². The molecule has 152 valence electrons. The number of nitrogens with one attached hydrogen (secondary N) is 1.